The van der Waals surface area contributed by atoms with Crippen LogP contribution < -0.4 is 4.74 Å². The second-order valence-corrected chi connectivity index (χ2v) is 7.14. The average Bonchev–Trinajstić information content (AvgIpc) is 2.98. The molecule has 1 heterocycles. The first-order chi connectivity index (χ1) is 13.7. The van der Waals surface area contributed by atoms with Gasteiger partial charge in [0.15, 0.2) is 5.78 Å². The van der Waals surface area contributed by atoms with Gasteiger partial charge in [0.05, 0.1) is 6.42 Å². The number of hydrogen-bond donors (Lipinski definition) is 0. The molecule has 0 unspecified atom stereocenters. The molecule has 29 heavy (non-hydrogen) atoms. The molecule has 0 aromatic heterocycles. The van der Waals surface area contributed by atoms with Crippen LogP contribution in [-0.4, -0.2) is 42.6 Å². The van der Waals surface area contributed by atoms with Gasteiger partial charge in [-0.15, -0.1) is 0 Å². The highest BCUT2D eigenvalue weighted by molar-refractivity contribution is 6.31. The number of ketones is 1. The fourth-order valence-corrected chi connectivity index (χ4v) is 3.13. The lowest BCUT2D eigenvalue weighted by molar-refractivity contribution is -0.249. The first-order valence-corrected chi connectivity index (χ1v) is 9.19. The zero-order valence-electron chi connectivity index (χ0n) is 16.8. The largest absolute Gasteiger partial charge is 0.485 e. The molecule has 0 spiro atoms. The lowest BCUT2D eigenvalue weighted by atomic mass is 10.0. The maximum absolute atomic E-state index is 11.7. The van der Waals surface area contributed by atoms with Crippen molar-refractivity contribution < 1.29 is 28.6 Å². The number of carbonyl (C=O) groups is 3. The summed E-state index contributed by atoms with van der Waals surface area (Å²) in [5.41, 5.74) is 2.20. The topological polar surface area (TPSA) is 82.1 Å². The van der Waals surface area contributed by atoms with Crippen molar-refractivity contribution in [2.24, 2.45) is 0 Å². The van der Waals surface area contributed by atoms with Crippen LogP contribution >= 0.6 is 0 Å². The highest BCUT2D eigenvalue weighted by Gasteiger charge is 2.52. The molecule has 1 atom stereocenters. The van der Waals surface area contributed by atoms with Gasteiger partial charge in [0.2, 0.25) is 0 Å². The van der Waals surface area contributed by atoms with E-state index in [0.29, 0.717) is 11.3 Å². The molecule has 7 nitrogen and oxygen atoms in total. The zero-order valence-corrected chi connectivity index (χ0v) is 16.8. The Morgan fingerprint density at radius 1 is 1.07 bits per heavy atom. The molecule has 3 rings (SSSR count). The van der Waals surface area contributed by atoms with Crippen molar-refractivity contribution in [3.05, 3.63) is 65.2 Å². The molecule has 2 aromatic carbocycles. The Hall–Kier alpha value is -3.19. The number of ether oxygens (including phenoxy) is 3. The van der Waals surface area contributed by atoms with E-state index in [0.717, 1.165) is 11.1 Å². The van der Waals surface area contributed by atoms with E-state index in [9.17, 15) is 14.4 Å². The number of benzene rings is 2. The van der Waals surface area contributed by atoms with Gasteiger partial charge in [-0.2, -0.15) is 0 Å². The number of nitrogens with zero attached hydrogens (tertiary/aromatic N) is 1. The van der Waals surface area contributed by atoms with Gasteiger partial charge in [-0.05, 0) is 57.3 Å². The van der Waals surface area contributed by atoms with Crippen LogP contribution in [0.1, 0.15) is 40.9 Å². The average molecular weight is 397 g/mol. The molecule has 0 saturated carbocycles. The van der Waals surface area contributed by atoms with Crippen molar-refractivity contribution in [1.82, 2.24) is 4.90 Å². The Morgan fingerprint density at radius 2 is 1.69 bits per heavy atom. The molecular weight excluding hydrogens is 374 g/mol. The highest BCUT2D eigenvalue weighted by Crippen LogP contribution is 2.37. The van der Waals surface area contributed by atoms with Gasteiger partial charge in [0.25, 0.3) is 0 Å². The first-order valence-electron chi connectivity index (χ1n) is 9.19. The summed E-state index contributed by atoms with van der Waals surface area (Å²) in [5, 5.41) is 0. The molecule has 0 aliphatic carbocycles. The van der Waals surface area contributed by atoms with Crippen LogP contribution in [0.25, 0.3) is 0 Å². The number of cyclic esters (lactones) is 2. The second kappa shape index (κ2) is 8.05. The second-order valence-electron chi connectivity index (χ2n) is 7.14. The molecule has 0 amide bonds. The van der Waals surface area contributed by atoms with Gasteiger partial charge >= 0.3 is 17.8 Å². The molecule has 152 valence electrons. The summed E-state index contributed by atoms with van der Waals surface area (Å²) in [4.78, 5) is 36.6. The Kier molecular flexibility index (Phi) is 5.70. The van der Waals surface area contributed by atoms with E-state index in [1.54, 1.807) is 32.3 Å². The third kappa shape index (κ3) is 4.30. The predicted octanol–water partition coefficient (Wildman–Crippen LogP) is 3.02. The number of esters is 2. The predicted molar refractivity (Wildman–Crippen MR) is 104 cm³/mol. The summed E-state index contributed by atoms with van der Waals surface area (Å²) in [7, 11) is 3.31. The van der Waals surface area contributed by atoms with Gasteiger partial charge in [-0.3, -0.25) is 4.79 Å². The summed E-state index contributed by atoms with van der Waals surface area (Å²) in [6.45, 7) is 3.35. The van der Waals surface area contributed by atoms with E-state index in [2.05, 4.69) is 0 Å². The molecule has 1 saturated heterocycles. The van der Waals surface area contributed by atoms with E-state index in [-0.39, 0.29) is 12.2 Å². The number of Topliss-reactive ketones (excluding diaryl/α,β-unsaturated/α-hetero) is 1. The standard InChI is InChI=1S/C22H23NO6/c1-14-12-17(15(2)24)10-11-18(14)27-19(16-8-6-5-7-9-16)13-22(23(3)4)28-20(25)21(26)29-22/h5-12,19H,13H2,1-4H3/t19-/m1/s1. The van der Waals surface area contributed by atoms with Gasteiger partial charge in [-0.25, -0.2) is 14.5 Å². The van der Waals surface area contributed by atoms with Crippen LogP contribution in [0.5, 0.6) is 5.75 Å². The van der Waals surface area contributed by atoms with Crippen LogP contribution in [0.4, 0.5) is 0 Å². The summed E-state index contributed by atoms with van der Waals surface area (Å²) in [5.74, 6) is -3.09. The van der Waals surface area contributed by atoms with Crippen LogP contribution in [0.15, 0.2) is 48.5 Å². The first kappa shape index (κ1) is 20.5. The van der Waals surface area contributed by atoms with E-state index >= 15 is 0 Å². The minimum Gasteiger partial charge on any atom is -0.485 e. The lowest BCUT2D eigenvalue weighted by Crippen LogP contribution is -2.47. The molecule has 1 aliphatic heterocycles. The third-order valence-electron chi connectivity index (χ3n) is 4.82. The van der Waals surface area contributed by atoms with Gasteiger partial charge in [0, 0.05) is 5.56 Å². The monoisotopic (exact) mass is 397 g/mol. The maximum Gasteiger partial charge on any atom is 0.421 e. The van der Waals surface area contributed by atoms with Crippen LogP contribution in [0.2, 0.25) is 0 Å². The molecule has 0 N–H and O–H groups in total. The van der Waals surface area contributed by atoms with Crippen molar-refractivity contribution in [2.75, 3.05) is 14.1 Å². The van der Waals surface area contributed by atoms with E-state index in [4.69, 9.17) is 14.2 Å². The summed E-state index contributed by atoms with van der Waals surface area (Å²) < 4.78 is 16.8. The fraction of sp³-hybridized carbons (Fsp3) is 0.318. The van der Waals surface area contributed by atoms with Crippen molar-refractivity contribution in [3.8, 4) is 5.75 Å². The van der Waals surface area contributed by atoms with E-state index in [1.807, 2.05) is 37.3 Å². The SMILES string of the molecule is CC(=O)c1ccc(O[C@H](CC2(N(C)C)OC(=O)C(=O)O2)c2ccccc2)c(C)c1. The normalized spacial score (nSPS) is 16.3. The van der Waals surface area contributed by atoms with Gasteiger partial charge in [0.1, 0.15) is 11.9 Å². The van der Waals surface area contributed by atoms with Crippen LogP contribution in [-0.2, 0) is 19.1 Å². The molecule has 1 aliphatic rings. The molecule has 0 radical (unpaired) electrons. The Bertz CT molecular complexity index is 922. The van der Waals surface area contributed by atoms with Crippen LogP contribution in [0.3, 0.4) is 0 Å². The quantitative estimate of drug-likeness (QED) is 0.403. The lowest BCUT2D eigenvalue weighted by Gasteiger charge is -2.34. The van der Waals surface area contributed by atoms with Crippen molar-refractivity contribution in [3.63, 3.8) is 0 Å². The highest BCUT2D eigenvalue weighted by atomic mass is 16.8. The number of rotatable bonds is 7. The van der Waals surface area contributed by atoms with Crippen LogP contribution in [0, 0.1) is 6.92 Å². The molecule has 1 fully saturated rings. The summed E-state index contributed by atoms with van der Waals surface area (Å²) in [6.07, 6.45) is -0.519. The van der Waals surface area contributed by atoms with Gasteiger partial charge in [-0.1, -0.05) is 30.3 Å². The number of aryl methyl sites for hydroxylation is 1. The molecule has 7 heteroatoms. The molecular formula is C22H23NO6. The van der Waals surface area contributed by atoms with E-state index < -0.39 is 24.0 Å². The Labute approximate surface area is 169 Å². The van der Waals surface area contributed by atoms with E-state index in [1.165, 1.54) is 11.8 Å². The van der Waals surface area contributed by atoms with Crippen molar-refractivity contribution in [1.29, 1.82) is 0 Å². The summed E-state index contributed by atoms with van der Waals surface area (Å²) in [6, 6.07) is 14.6. The number of carbonyl (C=O) groups excluding carboxylic acids is 3. The minimum atomic E-state index is -1.57. The van der Waals surface area contributed by atoms with Crippen molar-refractivity contribution in [2.45, 2.75) is 32.3 Å². The zero-order chi connectivity index (χ0) is 21.2. The Morgan fingerprint density at radius 3 is 2.21 bits per heavy atom. The fourth-order valence-electron chi connectivity index (χ4n) is 3.13. The molecule has 0 bridgehead atoms. The minimum absolute atomic E-state index is 0.0319. The smallest absolute Gasteiger partial charge is 0.421 e. The maximum atomic E-state index is 11.7. The Balaban J connectivity index is 1.95. The molecule has 2 aromatic rings. The van der Waals surface area contributed by atoms with Gasteiger partial charge < -0.3 is 14.2 Å². The number of hydrogen-bond acceptors (Lipinski definition) is 7. The van der Waals surface area contributed by atoms with Crippen molar-refractivity contribution >= 4 is 17.7 Å². The summed E-state index contributed by atoms with van der Waals surface area (Å²) >= 11 is 0. The third-order valence-corrected chi connectivity index (χ3v) is 4.82.